The van der Waals surface area contributed by atoms with Gasteiger partial charge in [-0.05, 0) is 25.9 Å². The number of rotatable bonds is 4. The maximum absolute atomic E-state index is 10.8. The van der Waals surface area contributed by atoms with E-state index in [-0.39, 0.29) is 5.23 Å². The Balaban J connectivity index is 4.93. The third-order valence-corrected chi connectivity index (χ3v) is 2.93. The molecule has 0 aromatic carbocycles. The summed E-state index contributed by atoms with van der Waals surface area (Å²) < 4.78 is 24.8. The smallest absolute Gasteiger partial charge is 0.360 e. The molecule has 6 heteroatoms. The number of hydrogen-bond donors (Lipinski definition) is 1. The van der Waals surface area contributed by atoms with E-state index in [4.69, 9.17) is 9.29 Å². The second kappa shape index (κ2) is 6.10. The summed E-state index contributed by atoms with van der Waals surface area (Å²) in [5, 5.41) is 4.05. The van der Waals surface area contributed by atoms with E-state index in [0.717, 1.165) is 19.6 Å². The summed E-state index contributed by atoms with van der Waals surface area (Å²) >= 11 is -2.14. The second-order valence-corrected chi connectivity index (χ2v) is 3.71. The summed E-state index contributed by atoms with van der Waals surface area (Å²) in [6.45, 7) is 8.30. The van der Waals surface area contributed by atoms with Gasteiger partial charge >= 0.3 is 5.23 Å². The molecule has 0 heterocycles. The zero-order chi connectivity index (χ0) is 11.2. The van der Waals surface area contributed by atoms with Crippen molar-refractivity contribution in [1.29, 1.82) is 0 Å². The first-order valence-electron chi connectivity index (χ1n) is 4.66. The van der Waals surface area contributed by atoms with E-state index in [0.29, 0.717) is 4.59 Å². The Morgan fingerprint density at radius 3 is 2.00 bits per heavy atom. The number of hydrogen-bond acceptors (Lipinski definition) is 3. The average Bonchev–Trinajstić information content (AvgIpc) is 2.20. The Morgan fingerprint density at radius 2 is 1.79 bits per heavy atom. The summed E-state index contributed by atoms with van der Waals surface area (Å²) in [6.07, 6.45) is 0. The van der Waals surface area contributed by atoms with Gasteiger partial charge in [0.05, 0.1) is 7.11 Å². The van der Waals surface area contributed by atoms with Crippen LogP contribution in [0.25, 0.3) is 0 Å². The van der Waals surface area contributed by atoms with Gasteiger partial charge in [-0.2, -0.15) is 4.59 Å². The average molecular weight is 223 g/mol. The molecule has 1 unspecified atom stereocenters. The Kier molecular flexibility index (Phi) is 5.90. The van der Waals surface area contributed by atoms with Crippen LogP contribution < -0.4 is 0 Å². The molecule has 14 heavy (non-hydrogen) atoms. The van der Waals surface area contributed by atoms with Crippen LogP contribution in [0.5, 0.6) is 0 Å². The predicted molar refractivity (Wildman–Crippen MR) is 57.1 cm³/mol. The van der Waals surface area contributed by atoms with Crippen LogP contribution in [-0.2, 0) is 15.8 Å². The molecular formula is C8H19N2O3S+. The van der Waals surface area contributed by atoms with E-state index in [1.165, 1.54) is 7.11 Å². The van der Waals surface area contributed by atoms with E-state index in [2.05, 4.69) is 5.10 Å². The molecule has 0 aromatic rings. The predicted octanol–water partition coefficient (Wildman–Crippen LogP) is 1.00. The highest BCUT2D eigenvalue weighted by atomic mass is 32.2. The Hall–Kier alpha value is -0.460. The maximum Gasteiger partial charge on any atom is 0.360 e. The zero-order valence-electron chi connectivity index (χ0n) is 9.19. The molecule has 0 aliphatic rings. The molecule has 5 nitrogen and oxygen atoms in total. The van der Waals surface area contributed by atoms with Crippen molar-refractivity contribution in [2.24, 2.45) is 5.10 Å². The van der Waals surface area contributed by atoms with Crippen LogP contribution in [-0.4, -0.2) is 45.3 Å². The molecule has 0 aliphatic carbocycles. The molecule has 0 saturated carbocycles. The van der Waals surface area contributed by atoms with Gasteiger partial charge in [0.2, 0.25) is 11.1 Å². The maximum atomic E-state index is 10.8. The first-order chi connectivity index (χ1) is 6.55. The normalized spacial score (nSPS) is 15.4. The Morgan fingerprint density at radius 1 is 1.36 bits per heavy atom. The highest BCUT2D eigenvalue weighted by Gasteiger charge is 2.24. The molecule has 0 aromatic heterocycles. The van der Waals surface area contributed by atoms with Crippen molar-refractivity contribution in [2.75, 3.05) is 26.7 Å². The van der Waals surface area contributed by atoms with Crippen molar-refractivity contribution < 1.29 is 18.1 Å². The van der Waals surface area contributed by atoms with Crippen molar-refractivity contribution >= 4 is 16.3 Å². The number of quaternary nitrogens is 1. The highest BCUT2D eigenvalue weighted by Crippen LogP contribution is 2.08. The molecule has 1 atom stereocenters. The van der Waals surface area contributed by atoms with E-state index < -0.39 is 11.1 Å². The van der Waals surface area contributed by atoms with E-state index in [1.54, 1.807) is 0 Å². The quantitative estimate of drug-likeness (QED) is 0.254. The molecule has 84 valence electrons. The fraction of sp³-hybridized carbons (Fsp3) is 0.875. The first-order valence-corrected chi connectivity index (χ1v) is 5.77. The lowest BCUT2D eigenvalue weighted by molar-refractivity contribution is -0.930. The van der Waals surface area contributed by atoms with E-state index >= 15 is 0 Å². The van der Waals surface area contributed by atoms with E-state index in [1.807, 2.05) is 20.8 Å². The lowest BCUT2D eigenvalue weighted by atomic mass is 10.4. The van der Waals surface area contributed by atoms with Crippen LogP contribution in [0.3, 0.4) is 0 Å². The lowest BCUT2D eigenvalue weighted by Gasteiger charge is -2.28. The molecule has 0 rings (SSSR count). The third kappa shape index (κ3) is 3.36. The van der Waals surface area contributed by atoms with Gasteiger partial charge in [0.25, 0.3) is 0 Å². The Labute approximate surface area is 87.6 Å². The summed E-state index contributed by atoms with van der Waals surface area (Å²) in [4.78, 5) is 0. The monoisotopic (exact) mass is 223 g/mol. The zero-order valence-corrected chi connectivity index (χ0v) is 10.0. The van der Waals surface area contributed by atoms with Crippen molar-refractivity contribution in [3.63, 3.8) is 0 Å². The van der Waals surface area contributed by atoms with Gasteiger partial charge in [-0.15, -0.1) is 0 Å². The van der Waals surface area contributed by atoms with Gasteiger partial charge in [-0.3, -0.25) is 4.55 Å². The van der Waals surface area contributed by atoms with Gasteiger partial charge in [-0.1, -0.05) is 0 Å². The molecule has 0 radical (unpaired) electrons. The van der Waals surface area contributed by atoms with Crippen LogP contribution in [0.15, 0.2) is 5.10 Å². The van der Waals surface area contributed by atoms with Crippen LogP contribution in [0.4, 0.5) is 0 Å². The van der Waals surface area contributed by atoms with Crippen molar-refractivity contribution in [3.05, 3.63) is 0 Å². The molecule has 0 bridgehead atoms. The fourth-order valence-electron chi connectivity index (χ4n) is 1.20. The lowest BCUT2D eigenvalue weighted by Crippen LogP contribution is -2.43. The molecule has 0 aliphatic heterocycles. The van der Waals surface area contributed by atoms with E-state index in [9.17, 15) is 4.21 Å². The minimum absolute atomic E-state index is 0.115. The van der Waals surface area contributed by atoms with Crippen LogP contribution in [0.1, 0.15) is 20.8 Å². The first kappa shape index (κ1) is 13.5. The van der Waals surface area contributed by atoms with Gasteiger partial charge in [0, 0.05) is 0 Å². The van der Waals surface area contributed by atoms with Gasteiger partial charge < -0.3 is 4.74 Å². The van der Waals surface area contributed by atoms with Crippen LogP contribution >= 0.6 is 0 Å². The third-order valence-electron chi connectivity index (χ3n) is 2.38. The minimum Gasteiger partial charge on any atom is -0.469 e. The van der Waals surface area contributed by atoms with Gasteiger partial charge in [-0.25, -0.2) is 4.21 Å². The van der Waals surface area contributed by atoms with Gasteiger partial charge in [0.15, 0.2) is 0 Å². The highest BCUT2D eigenvalue weighted by molar-refractivity contribution is 7.95. The molecule has 1 N–H and O–H groups in total. The van der Waals surface area contributed by atoms with Crippen molar-refractivity contribution in [2.45, 2.75) is 20.8 Å². The summed E-state index contributed by atoms with van der Waals surface area (Å²) in [5.74, 6) is 0. The Bertz CT molecular complexity index is 218. The number of ether oxygens (including phenoxy) is 1. The molecule has 0 spiro atoms. The second-order valence-electron chi connectivity index (χ2n) is 2.86. The van der Waals surface area contributed by atoms with Crippen LogP contribution in [0.2, 0.25) is 0 Å². The van der Waals surface area contributed by atoms with Crippen molar-refractivity contribution in [3.8, 4) is 0 Å². The fourth-order valence-corrected chi connectivity index (χ4v) is 1.59. The summed E-state index contributed by atoms with van der Waals surface area (Å²) in [7, 11) is 1.35. The SMILES string of the molecule is CC[N+](CC)(CC)N=C(OC)S(=O)O. The molecule has 0 fully saturated rings. The molecular weight excluding hydrogens is 204 g/mol. The van der Waals surface area contributed by atoms with Crippen molar-refractivity contribution in [1.82, 2.24) is 0 Å². The standard InChI is InChI=1S/C8H18N2O3S/c1-5-10(6-2,7-3)9-8(13-4)14(11)12/h5-7H2,1-4H3/p+1. The summed E-state index contributed by atoms with van der Waals surface area (Å²) in [5.41, 5.74) is 0. The largest absolute Gasteiger partial charge is 0.469 e. The van der Waals surface area contributed by atoms with Gasteiger partial charge in [0.1, 0.15) is 19.6 Å². The van der Waals surface area contributed by atoms with Crippen LogP contribution in [0, 0.1) is 0 Å². The number of nitrogens with zero attached hydrogens (tertiary/aromatic N) is 2. The number of methoxy groups -OCH3 is 1. The molecule has 0 amide bonds. The summed E-state index contributed by atoms with van der Waals surface area (Å²) in [6, 6.07) is 0. The topological polar surface area (TPSA) is 58.9 Å². The molecule has 0 saturated heterocycles. The minimum atomic E-state index is -2.14.